The summed E-state index contributed by atoms with van der Waals surface area (Å²) in [4.78, 5) is 19.0. The van der Waals surface area contributed by atoms with Gasteiger partial charge in [0.1, 0.15) is 12.6 Å². The van der Waals surface area contributed by atoms with E-state index in [0.29, 0.717) is 59.2 Å². The van der Waals surface area contributed by atoms with Gasteiger partial charge in [-0.05, 0) is 89.8 Å². The number of nitrogens with zero attached hydrogens (tertiary/aromatic N) is 3. The van der Waals surface area contributed by atoms with Gasteiger partial charge in [-0.3, -0.25) is 4.79 Å². The standard InChI is InChI=1S/C36H31BrCl3N5O3S/c1-19-9-12-29(20(2)13-19)42-34(46)31-21(3)41-35-43-36(49-18-23-7-5-6-8-27(23)39)44-45(35)32(31)24-14-26(37)33(30(15-24)47-4)48-17-22-10-11-25(38)16-28(22)40/h5-16,32H,17-18H2,1-4H3,(H,42,46)(H,41,43,44). The Morgan fingerprint density at radius 3 is 2.53 bits per heavy atom. The van der Waals surface area contributed by atoms with Crippen LogP contribution in [-0.2, 0) is 17.2 Å². The molecule has 1 aromatic heterocycles. The fourth-order valence-electron chi connectivity index (χ4n) is 5.52. The Hall–Kier alpha value is -3.67. The number of carbonyl (C=O) groups excluding carboxylic acids is 1. The Bertz CT molecular complexity index is 2100. The molecule has 0 spiro atoms. The lowest BCUT2D eigenvalue weighted by Crippen LogP contribution is -2.31. The third kappa shape index (κ3) is 7.74. The number of thioether (sulfide) groups is 1. The Balaban J connectivity index is 1.38. The smallest absolute Gasteiger partial charge is 0.255 e. The number of nitrogens with one attached hydrogen (secondary N) is 2. The summed E-state index contributed by atoms with van der Waals surface area (Å²) >= 11 is 24.1. The van der Waals surface area contributed by atoms with Crippen molar-refractivity contribution in [3.05, 3.63) is 131 Å². The van der Waals surface area contributed by atoms with Crippen molar-refractivity contribution in [2.45, 2.75) is 44.3 Å². The highest BCUT2D eigenvalue weighted by atomic mass is 79.9. The second kappa shape index (κ2) is 15.1. The predicted molar refractivity (Wildman–Crippen MR) is 202 cm³/mol. The van der Waals surface area contributed by atoms with Crippen LogP contribution in [0.4, 0.5) is 11.6 Å². The van der Waals surface area contributed by atoms with Crippen LogP contribution < -0.4 is 20.1 Å². The van der Waals surface area contributed by atoms with Gasteiger partial charge in [-0.25, -0.2) is 4.68 Å². The van der Waals surface area contributed by atoms with Crippen molar-refractivity contribution in [1.29, 1.82) is 0 Å². The maximum atomic E-state index is 14.2. The first-order chi connectivity index (χ1) is 23.5. The van der Waals surface area contributed by atoms with Crippen molar-refractivity contribution in [2.75, 3.05) is 17.7 Å². The van der Waals surface area contributed by atoms with E-state index >= 15 is 0 Å². The fraction of sp³-hybridized carbons (Fsp3) is 0.194. The van der Waals surface area contributed by atoms with Crippen molar-refractivity contribution in [3.8, 4) is 11.5 Å². The van der Waals surface area contributed by atoms with E-state index in [4.69, 9.17) is 54.4 Å². The highest BCUT2D eigenvalue weighted by Gasteiger charge is 2.36. The van der Waals surface area contributed by atoms with Crippen LogP contribution in [0.3, 0.4) is 0 Å². The molecule has 8 nitrogen and oxygen atoms in total. The first kappa shape index (κ1) is 35.2. The monoisotopic (exact) mass is 797 g/mol. The highest BCUT2D eigenvalue weighted by Crippen LogP contribution is 2.44. The van der Waals surface area contributed by atoms with E-state index in [1.807, 2.05) is 81.4 Å². The maximum Gasteiger partial charge on any atom is 0.255 e. The summed E-state index contributed by atoms with van der Waals surface area (Å²) < 4.78 is 14.4. The number of hydrogen-bond acceptors (Lipinski definition) is 7. The minimum absolute atomic E-state index is 0.180. The maximum absolute atomic E-state index is 14.2. The van der Waals surface area contributed by atoms with Crippen LogP contribution in [-0.4, -0.2) is 27.8 Å². The summed E-state index contributed by atoms with van der Waals surface area (Å²) in [6, 6.07) is 21.9. The average molecular weight is 800 g/mol. The molecule has 0 saturated heterocycles. The molecule has 0 aliphatic carbocycles. The average Bonchev–Trinajstić information content (AvgIpc) is 3.47. The van der Waals surface area contributed by atoms with Crippen LogP contribution in [0.1, 0.15) is 40.8 Å². The molecule has 1 aliphatic rings. The predicted octanol–water partition coefficient (Wildman–Crippen LogP) is 10.4. The molecule has 0 fully saturated rings. The molecular weight excluding hydrogens is 769 g/mol. The number of ether oxygens (including phenoxy) is 2. The molecular formula is C36H31BrCl3N5O3S. The second-order valence-electron chi connectivity index (χ2n) is 11.4. The van der Waals surface area contributed by atoms with Crippen LogP contribution in [0.15, 0.2) is 93.7 Å². The summed E-state index contributed by atoms with van der Waals surface area (Å²) in [7, 11) is 1.56. The van der Waals surface area contributed by atoms with Gasteiger partial charge in [0.15, 0.2) is 11.5 Å². The van der Waals surface area contributed by atoms with Crippen molar-refractivity contribution in [2.24, 2.45) is 0 Å². The molecule has 1 amide bonds. The fourth-order valence-corrected chi connectivity index (χ4v) is 7.67. The number of fused-ring (bicyclic) bond motifs is 1. The van der Waals surface area contributed by atoms with Crippen LogP contribution in [0.2, 0.25) is 15.1 Å². The van der Waals surface area contributed by atoms with Gasteiger partial charge in [-0.2, -0.15) is 4.98 Å². The highest BCUT2D eigenvalue weighted by molar-refractivity contribution is 9.10. The number of halogens is 4. The Labute approximate surface area is 312 Å². The van der Waals surface area contributed by atoms with Crippen molar-refractivity contribution < 1.29 is 14.3 Å². The van der Waals surface area contributed by atoms with Gasteiger partial charge in [0.05, 0.1) is 17.2 Å². The van der Waals surface area contributed by atoms with E-state index in [-0.39, 0.29) is 12.5 Å². The summed E-state index contributed by atoms with van der Waals surface area (Å²) in [5.41, 5.74) is 6.35. The molecule has 1 atom stereocenters. The zero-order valence-corrected chi connectivity index (χ0v) is 31.6. The summed E-state index contributed by atoms with van der Waals surface area (Å²) in [6.45, 7) is 6.02. The molecule has 252 valence electrons. The van der Waals surface area contributed by atoms with E-state index in [2.05, 4.69) is 26.6 Å². The number of amides is 1. The molecule has 49 heavy (non-hydrogen) atoms. The van der Waals surface area contributed by atoms with Crippen molar-refractivity contribution in [1.82, 2.24) is 14.8 Å². The quantitative estimate of drug-likeness (QED) is 0.136. The number of aryl methyl sites for hydroxylation is 2. The Morgan fingerprint density at radius 1 is 1.00 bits per heavy atom. The molecule has 0 saturated carbocycles. The largest absolute Gasteiger partial charge is 0.493 e. The lowest BCUT2D eigenvalue weighted by Gasteiger charge is -2.29. The number of anilines is 2. The molecule has 6 rings (SSSR count). The molecule has 1 unspecified atom stereocenters. The second-order valence-corrected chi connectivity index (χ2v) is 14.5. The number of benzene rings is 4. The van der Waals surface area contributed by atoms with E-state index < -0.39 is 6.04 Å². The zero-order valence-electron chi connectivity index (χ0n) is 26.9. The molecule has 5 aromatic rings. The van der Waals surface area contributed by atoms with E-state index in [0.717, 1.165) is 33.5 Å². The van der Waals surface area contributed by atoms with E-state index in [9.17, 15) is 4.79 Å². The summed E-state index contributed by atoms with van der Waals surface area (Å²) in [5.74, 6) is 1.72. The lowest BCUT2D eigenvalue weighted by molar-refractivity contribution is -0.113. The van der Waals surface area contributed by atoms with Gasteiger partial charge in [0, 0.05) is 37.8 Å². The first-order valence-electron chi connectivity index (χ1n) is 15.2. The number of hydrogen-bond donors (Lipinski definition) is 2. The van der Waals surface area contributed by atoms with Crippen LogP contribution >= 0.6 is 62.5 Å². The van der Waals surface area contributed by atoms with Gasteiger partial charge < -0.3 is 20.1 Å². The minimum Gasteiger partial charge on any atom is -0.493 e. The van der Waals surface area contributed by atoms with E-state index in [1.165, 1.54) is 11.8 Å². The SMILES string of the molecule is COc1cc(C2C(C(=O)Nc3ccc(C)cc3C)=C(C)Nc3nc(SCc4ccccc4Cl)nn32)cc(Br)c1OCc1ccc(Cl)cc1Cl. The Morgan fingerprint density at radius 2 is 1.80 bits per heavy atom. The third-order valence-electron chi connectivity index (χ3n) is 7.98. The van der Waals surface area contributed by atoms with Crippen LogP contribution in [0.25, 0.3) is 0 Å². The molecule has 13 heteroatoms. The number of aromatic nitrogens is 3. The molecule has 0 radical (unpaired) electrons. The molecule has 2 heterocycles. The van der Waals surface area contributed by atoms with Gasteiger partial charge in [-0.1, -0.05) is 88.5 Å². The lowest BCUT2D eigenvalue weighted by atomic mass is 9.94. The number of rotatable bonds is 10. The number of methoxy groups -OCH3 is 1. The van der Waals surface area contributed by atoms with Crippen LogP contribution in [0.5, 0.6) is 11.5 Å². The third-order valence-corrected chi connectivity index (χ3v) is 10.4. The van der Waals surface area contributed by atoms with Gasteiger partial charge in [0.2, 0.25) is 11.1 Å². The summed E-state index contributed by atoms with van der Waals surface area (Å²) in [6.07, 6.45) is 0. The first-order valence-corrected chi connectivity index (χ1v) is 18.1. The summed E-state index contributed by atoms with van der Waals surface area (Å²) in [5, 5.41) is 13.6. The Kier molecular flexibility index (Phi) is 10.8. The zero-order chi connectivity index (χ0) is 34.8. The van der Waals surface area contributed by atoms with Gasteiger partial charge >= 0.3 is 0 Å². The normalized spacial score (nSPS) is 13.9. The topological polar surface area (TPSA) is 90.3 Å². The molecule has 1 aliphatic heterocycles. The van der Waals surface area contributed by atoms with Crippen molar-refractivity contribution >= 4 is 80.0 Å². The number of carbonyl (C=O) groups is 1. The van der Waals surface area contributed by atoms with Gasteiger partial charge in [-0.15, -0.1) is 5.10 Å². The molecule has 2 N–H and O–H groups in total. The van der Waals surface area contributed by atoms with Gasteiger partial charge in [0.25, 0.3) is 5.91 Å². The number of allylic oxidation sites excluding steroid dienone is 1. The molecule has 0 bridgehead atoms. The minimum atomic E-state index is -0.672. The van der Waals surface area contributed by atoms with Crippen molar-refractivity contribution in [3.63, 3.8) is 0 Å². The van der Waals surface area contributed by atoms with E-state index in [1.54, 1.807) is 23.9 Å². The van der Waals surface area contributed by atoms with Crippen LogP contribution in [0, 0.1) is 13.8 Å². The molecule has 4 aromatic carbocycles.